The van der Waals surface area contributed by atoms with Gasteiger partial charge in [0.25, 0.3) is 5.69 Å². The summed E-state index contributed by atoms with van der Waals surface area (Å²) in [7, 11) is 0. The van der Waals surface area contributed by atoms with E-state index in [1.807, 2.05) is 25.1 Å². The normalized spacial score (nSPS) is 11.4. The zero-order valence-corrected chi connectivity index (χ0v) is 21.5. The van der Waals surface area contributed by atoms with E-state index in [2.05, 4.69) is 37.5 Å². The number of rotatable bonds is 11. The fraction of sp³-hybridized carbons (Fsp3) is 0.458. The van der Waals surface area contributed by atoms with Crippen molar-refractivity contribution in [3.8, 4) is 5.75 Å². The number of aromatic nitrogens is 2. The molecule has 8 heteroatoms. The molecule has 3 aromatic rings. The third-order valence-electron chi connectivity index (χ3n) is 6.43. The molecule has 0 aliphatic heterocycles. The SMILES string of the molecule is CCOc1ccc(Cc2nc3cc([N+](=O)[O-])ccc3n2CC[N+](CC)(CC)CC)cc1.[I-]. The summed E-state index contributed by atoms with van der Waals surface area (Å²) in [6, 6.07) is 13.1. The Hall–Kier alpha value is -2.20. The van der Waals surface area contributed by atoms with Crippen LogP contribution >= 0.6 is 0 Å². The van der Waals surface area contributed by atoms with Crippen LogP contribution < -0.4 is 28.7 Å². The molecule has 0 atom stereocenters. The van der Waals surface area contributed by atoms with E-state index in [1.165, 1.54) is 0 Å². The van der Waals surface area contributed by atoms with E-state index in [0.717, 1.165) is 59.9 Å². The number of nitrogens with zero attached hydrogens (tertiary/aromatic N) is 4. The quantitative estimate of drug-likeness (QED) is 0.158. The minimum Gasteiger partial charge on any atom is -1.00 e. The summed E-state index contributed by atoms with van der Waals surface area (Å²) >= 11 is 0. The van der Waals surface area contributed by atoms with E-state index < -0.39 is 0 Å². The van der Waals surface area contributed by atoms with Crippen molar-refractivity contribution >= 4 is 16.7 Å². The average Bonchev–Trinajstić information content (AvgIpc) is 3.13. The molecule has 174 valence electrons. The van der Waals surface area contributed by atoms with Gasteiger partial charge in [0.05, 0.1) is 55.3 Å². The average molecular weight is 552 g/mol. The molecular weight excluding hydrogens is 519 g/mol. The fourth-order valence-electron chi connectivity index (χ4n) is 4.18. The first-order chi connectivity index (χ1) is 14.9. The Labute approximate surface area is 207 Å². The van der Waals surface area contributed by atoms with Crippen LogP contribution in [0, 0.1) is 10.1 Å². The number of non-ortho nitro benzene ring substituents is 1. The lowest BCUT2D eigenvalue weighted by Crippen LogP contribution is -3.00. The summed E-state index contributed by atoms with van der Waals surface area (Å²) in [5.41, 5.74) is 2.84. The Bertz CT molecular complexity index is 1020. The van der Waals surface area contributed by atoms with Gasteiger partial charge in [-0.1, -0.05) is 12.1 Å². The maximum Gasteiger partial charge on any atom is 0.271 e. The Morgan fingerprint density at radius 2 is 1.69 bits per heavy atom. The smallest absolute Gasteiger partial charge is 0.271 e. The van der Waals surface area contributed by atoms with Crippen molar-refractivity contribution in [2.24, 2.45) is 0 Å². The van der Waals surface area contributed by atoms with E-state index in [0.29, 0.717) is 18.5 Å². The molecule has 0 radical (unpaired) electrons. The summed E-state index contributed by atoms with van der Waals surface area (Å²) in [4.78, 5) is 15.7. The van der Waals surface area contributed by atoms with Crippen molar-refractivity contribution in [1.29, 1.82) is 0 Å². The van der Waals surface area contributed by atoms with Gasteiger partial charge in [0.1, 0.15) is 11.6 Å². The van der Waals surface area contributed by atoms with Gasteiger partial charge in [0.15, 0.2) is 0 Å². The monoisotopic (exact) mass is 552 g/mol. The van der Waals surface area contributed by atoms with E-state index >= 15 is 0 Å². The lowest BCUT2D eigenvalue weighted by atomic mass is 10.1. The maximum absolute atomic E-state index is 11.2. The number of benzene rings is 2. The van der Waals surface area contributed by atoms with Gasteiger partial charge in [-0.3, -0.25) is 10.1 Å². The Balaban J connectivity index is 0.00000363. The van der Waals surface area contributed by atoms with Crippen LogP contribution in [0.1, 0.15) is 39.1 Å². The zero-order valence-electron chi connectivity index (χ0n) is 19.4. The summed E-state index contributed by atoms with van der Waals surface area (Å²) in [5.74, 6) is 1.78. The number of fused-ring (bicyclic) bond motifs is 1. The number of halogens is 1. The minimum absolute atomic E-state index is 0. The molecule has 0 amide bonds. The summed E-state index contributed by atoms with van der Waals surface area (Å²) in [6.45, 7) is 14.4. The number of nitro groups is 1. The molecule has 0 saturated heterocycles. The molecule has 0 aliphatic carbocycles. The molecule has 0 bridgehead atoms. The van der Waals surface area contributed by atoms with Crippen LogP contribution in [0.2, 0.25) is 0 Å². The van der Waals surface area contributed by atoms with Gasteiger partial charge >= 0.3 is 0 Å². The van der Waals surface area contributed by atoms with Crippen molar-refractivity contribution in [2.45, 2.75) is 40.7 Å². The first kappa shape index (κ1) is 26.1. The first-order valence-electron chi connectivity index (χ1n) is 11.2. The van der Waals surface area contributed by atoms with Crippen molar-refractivity contribution < 1.29 is 38.1 Å². The molecule has 2 aromatic carbocycles. The van der Waals surface area contributed by atoms with Crippen LogP contribution in [-0.2, 0) is 13.0 Å². The summed E-state index contributed by atoms with van der Waals surface area (Å²) < 4.78 is 8.82. The molecule has 0 saturated carbocycles. The van der Waals surface area contributed by atoms with Gasteiger partial charge in [-0.05, 0) is 51.5 Å². The largest absolute Gasteiger partial charge is 1.00 e. The molecule has 7 nitrogen and oxygen atoms in total. The molecule has 1 aromatic heterocycles. The van der Waals surface area contributed by atoms with Gasteiger partial charge in [0, 0.05) is 18.6 Å². The molecule has 0 spiro atoms. The van der Waals surface area contributed by atoms with Gasteiger partial charge in [-0.25, -0.2) is 4.98 Å². The van der Waals surface area contributed by atoms with E-state index in [-0.39, 0.29) is 34.6 Å². The molecule has 0 unspecified atom stereocenters. The van der Waals surface area contributed by atoms with Crippen LogP contribution in [-0.4, -0.2) is 51.7 Å². The highest BCUT2D eigenvalue weighted by Crippen LogP contribution is 2.24. The lowest BCUT2D eigenvalue weighted by molar-refractivity contribution is -0.923. The van der Waals surface area contributed by atoms with Crippen LogP contribution in [0.5, 0.6) is 5.75 Å². The van der Waals surface area contributed by atoms with Crippen molar-refractivity contribution in [3.05, 3.63) is 64.0 Å². The van der Waals surface area contributed by atoms with Crippen molar-refractivity contribution in [2.75, 3.05) is 32.8 Å². The number of imidazole rings is 1. The summed E-state index contributed by atoms with van der Waals surface area (Å²) in [5, 5.41) is 11.2. The first-order valence-corrected chi connectivity index (χ1v) is 11.2. The van der Waals surface area contributed by atoms with Crippen LogP contribution in [0.3, 0.4) is 0 Å². The Kier molecular flexibility index (Phi) is 9.45. The fourth-order valence-corrected chi connectivity index (χ4v) is 4.18. The Morgan fingerprint density at radius 3 is 2.25 bits per heavy atom. The zero-order chi connectivity index (χ0) is 22.4. The molecule has 0 aliphatic rings. The second-order valence-corrected chi connectivity index (χ2v) is 7.88. The van der Waals surface area contributed by atoms with Crippen LogP contribution in [0.25, 0.3) is 11.0 Å². The molecular formula is C24H33IN4O3. The standard InChI is InChI=1S/C24H33N4O3.HI/c1-5-28(6-2,7-3)16-15-26-23-14-11-20(27(29)30)18-22(23)25-24(26)17-19-9-12-21(13-10-19)31-8-4;/h9-14,18H,5-8,15-17H2,1-4H3;1H/q+1;/p-1. The molecule has 1 heterocycles. The second-order valence-electron chi connectivity index (χ2n) is 7.88. The topological polar surface area (TPSA) is 70.2 Å². The Morgan fingerprint density at radius 1 is 1.03 bits per heavy atom. The highest BCUT2D eigenvalue weighted by molar-refractivity contribution is 5.78. The number of likely N-dealkylation sites (N-methyl/N-ethyl adjacent to an activating group) is 1. The number of hydrogen-bond donors (Lipinski definition) is 0. The summed E-state index contributed by atoms with van der Waals surface area (Å²) in [6.07, 6.45) is 0.666. The highest BCUT2D eigenvalue weighted by Gasteiger charge is 2.22. The minimum atomic E-state index is -0.363. The van der Waals surface area contributed by atoms with Crippen molar-refractivity contribution in [1.82, 2.24) is 9.55 Å². The van der Waals surface area contributed by atoms with E-state index in [4.69, 9.17) is 9.72 Å². The number of quaternary nitrogens is 1. The second kappa shape index (κ2) is 11.6. The molecule has 0 N–H and O–H groups in total. The third kappa shape index (κ3) is 5.78. The van der Waals surface area contributed by atoms with Crippen LogP contribution in [0.15, 0.2) is 42.5 Å². The number of ether oxygens (including phenoxy) is 1. The van der Waals surface area contributed by atoms with Gasteiger partial charge in [-0.15, -0.1) is 0 Å². The van der Waals surface area contributed by atoms with Gasteiger partial charge < -0.3 is 37.8 Å². The van der Waals surface area contributed by atoms with E-state index in [9.17, 15) is 10.1 Å². The highest BCUT2D eigenvalue weighted by atomic mass is 127. The maximum atomic E-state index is 11.2. The molecule has 0 fully saturated rings. The van der Waals surface area contributed by atoms with Crippen LogP contribution in [0.4, 0.5) is 5.69 Å². The third-order valence-corrected chi connectivity index (χ3v) is 6.43. The number of hydrogen-bond acceptors (Lipinski definition) is 4. The molecule has 32 heavy (non-hydrogen) atoms. The number of nitro benzene ring substituents is 1. The van der Waals surface area contributed by atoms with Crippen molar-refractivity contribution in [3.63, 3.8) is 0 Å². The predicted molar refractivity (Wildman–Crippen MR) is 124 cm³/mol. The van der Waals surface area contributed by atoms with Gasteiger partial charge in [0.2, 0.25) is 0 Å². The van der Waals surface area contributed by atoms with E-state index in [1.54, 1.807) is 12.1 Å². The molecule has 3 rings (SSSR count). The van der Waals surface area contributed by atoms with Gasteiger partial charge in [-0.2, -0.15) is 0 Å². The predicted octanol–water partition coefficient (Wildman–Crippen LogP) is 1.81. The lowest BCUT2D eigenvalue weighted by Gasteiger charge is -2.36.